The summed E-state index contributed by atoms with van der Waals surface area (Å²) < 4.78 is 0. The molecule has 2 heterocycles. The Balaban J connectivity index is 1.37. The fourth-order valence-electron chi connectivity index (χ4n) is 3.86. The van der Waals surface area contributed by atoms with Crippen molar-refractivity contribution in [1.29, 1.82) is 0 Å². The third-order valence-corrected chi connectivity index (χ3v) is 5.81. The molecule has 1 fully saturated rings. The van der Waals surface area contributed by atoms with Crippen molar-refractivity contribution in [3.05, 3.63) is 70.8 Å². The SMILES string of the molecule is O=C1N=CN=C(CC(CO)c2ccc(C#Cc3ccc(CN4CCNCC4)cc3)cc2)C1=O. The molecule has 1 amide bonds. The van der Waals surface area contributed by atoms with Crippen LogP contribution in [0.4, 0.5) is 0 Å². The second kappa shape index (κ2) is 10.9. The summed E-state index contributed by atoms with van der Waals surface area (Å²) in [6.07, 6.45) is 1.27. The minimum Gasteiger partial charge on any atom is -0.396 e. The molecule has 2 aliphatic heterocycles. The second-order valence-corrected chi connectivity index (χ2v) is 8.13. The Morgan fingerprint density at radius 3 is 2.24 bits per heavy atom. The van der Waals surface area contributed by atoms with Crippen molar-refractivity contribution in [3.8, 4) is 11.8 Å². The van der Waals surface area contributed by atoms with Crippen LogP contribution in [0.2, 0.25) is 0 Å². The number of nitrogens with zero attached hydrogens (tertiary/aromatic N) is 3. The van der Waals surface area contributed by atoms with Crippen molar-refractivity contribution in [2.45, 2.75) is 18.9 Å². The summed E-state index contributed by atoms with van der Waals surface area (Å²) in [5, 5.41) is 13.2. The van der Waals surface area contributed by atoms with Gasteiger partial charge in [-0.2, -0.15) is 4.99 Å². The van der Waals surface area contributed by atoms with Gasteiger partial charge in [0.1, 0.15) is 6.34 Å². The Hall–Kier alpha value is -3.44. The van der Waals surface area contributed by atoms with Gasteiger partial charge in [-0.15, -0.1) is 0 Å². The third-order valence-electron chi connectivity index (χ3n) is 5.81. The number of ketones is 1. The zero-order valence-electron chi connectivity index (χ0n) is 18.3. The molecule has 0 saturated carbocycles. The zero-order chi connectivity index (χ0) is 23.0. The van der Waals surface area contributed by atoms with Crippen LogP contribution < -0.4 is 5.32 Å². The number of aliphatic hydroxyl groups is 1. The average Bonchev–Trinajstić information content (AvgIpc) is 2.86. The normalized spacial score (nSPS) is 17.3. The Kier molecular flexibility index (Phi) is 7.53. The summed E-state index contributed by atoms with van der Waals surface area (Å²) in [7, 11) is 0. The van der Waals surface area contributed by atoms with Gasteiger partial charge in [0, 0.05) is 56.2 Å². The van der Waals surface area contributed by atoms with E-state index >= 15 is 0 Å². The lowest BCUT2D eigenvalue weighted by Crippen LogP contribution is -2.42. The molecule has 7 nitrogen and oxygen atoms in total. The van der Waals surface area contributed by atoms with Gasteiger partial charge >= 0.3 is 5.91 Å². The number of carbonyl (C=O) groups excluding carboxylic acids is 2. The minimum absolute atomic E-state index is 0.123. The van der Waals surface area contributed by atoms with E-state index in [1.807, 2.05) is 36.4 Å². The predicted molar refractivity (Wildman–Crippen MR) is 127 cm³/mol. The lowest BCUT2D eigenvalue weighted by atomic mass is 9.92. The fourth-order valence-corrected chi connectivity index (χ4v) is 3.86. The van der Waals surface area contributed by atoms with E-state index in [0.29, 0.717) is 0 Å². The van der Waals surface area contributed by atoms with E-state index in [9.17, 15) is 14.7 Å². The maximum Gasteiger partial charge on any atom is 0.320 e. The molecular weight excluding hydrogens is 416 g/mol. The van der Waals surface area contributed by atoms with Gasteiger partial charge in [-0.1, -0.05) is 36.1 Å². The van der Waals surface area contributed by atoms with E-state index in [-0.39, 0.29) is 24.7 Å². The number of hydrogen-bond acceptors (Lipinski definition) is 6. The molecule has 4 rings (SSSR count). The van der Waals surface area contributed by atoms with Gasteiger partial charge in [-0.3, -0.25) is 14.5 Å². The number of aliphatic imine (C=N–C) groups is 2. The van der Waals surface area contributed by atoms with Crippen molar-refractivity contribution in [2.75, 3.05) is 32.8 Å². The lowest BCUT2D eigenvalue weighted by molar-refractivity contribution is -0.132. The molecule has 2 aliphatic rings. The topological polar surface area (TPSA) is 94.4 Å². The number of aliphatic hydroxyl groups excluding tert-OH is 1. The molecule has 2 N–H and O–H groups in total. The van der Waals surface area contributed by atoms with Gasteiger partial charge in [0.2, 0.25) is 0 Å². The second-order valence-electron chi connectivity index (χ2n) is 8.13. The van der Waals surface area contributed by atoms with Gasteiger partial charge < -0.3 is 10.4 Å². The van der Waals surface area contributed by atoms with E-state index in [2.05, 4.69) is 44.2 Å². The van der Waals surface area contributed by atoms with E-state index in [1.54, 1.807) is 0 Å². The number of piperazine rings is 1. The Morgan fingerprint density at radius 1 is 0.970 bits per heavy atom. The van der Waals surface area contributed by atoms with Crippen molar-refractivity contribution in [3.63, 3.8) is 0 Å². The van der Waals surface area contributed by atoms with Gasteiger partial charge in [-0.05, 0) is 35.4 Å². The molecule has 7 heteroatoms. The number of benzene rings is 2. The largest absolute Gasteiger partial charge is 0.396 e. The fraction of sp³-hybridized carbons (Fsp3) is 0.308. The molecule has 2 aromatic carbocycles. The van der Waals surface area contributed by atoms with Crippen molar-refractivity contribution < 1.29 is 14.7 Å². The van der Waals surface area contributed by atoms with Crippen LogP contribution in [0.1, 0.15) is 34.6 Å². The molecule has 2 aromatic rings. The number of amides is 1. The van der Waals surface area contributed by atoms with Crippen molar-refractivity contribution >= 4 is 23.7 Å². The van der Waals surface area contributed by atoms with Crippen LogP contribution in [0, 0.1) is 11.8 Å². The molecule has 0 aliphatic carbocycles. The molecule has 0 spiro atoms. The van der Waals surface area contributed by atoms with Crippen LogP contribution in [0.5, 0.6) is 0 Å². The molecule has 33 heavy (non-hydrogen) atoms. The standard InChI is InChI=1S/C26H26N4O3/c31-17-23(15-24-25(32)26(33)29-18-28-24)22-9-7-20(8-10-22)2-1-19-3-5-21(6-4-19)16-30-13-11-27-12-14-30/h3-10,18,23,27,31H,11-17H2. The van der Waals surface area contributed by atoms with E-state index in [0.717, 1.165) is 55.8 Å². The first kappa shape index (κ1) is 22.7. The van der Waals surface area contributed by atoms with Crippen LogP contribution in [-0.2, 0) is 16.1 Å². The minimum atomic E-state index is -0.820. The molecule has 1 saturated heterocycles. The molecule has 0 aromatic heterocycles. The summed E-state index contributed by atoms with van der Waals surface area (Å²) in [5.74, 6) is 4.49. The first-order chi connectivity index (χ1) is 16.1. The highest BCUT2D eigenvalue weighted by molar-refractivity contribution is 6.66. The van der Waals surface area contributed by atoms with Crippen LogP contribution in [0.3, 0.4) is 0 Å². The summed E-state index contributed by atoms with van der Waals surface area (Å²) in [6.45, 7) is 5.04. The molecular formula is C26H26N4O3. The van der Waals surface area contributed by atoms with Gasteiger partial charge in [0.05, 0.1) is 12.3 Å². The van der Waals surface area contributed by atoms with Gasteiger partial charge in [-0.25, -0.2) is 4.99 Å². The van der Waals surface area contributed by atoms with E-state index < -0.39 is 11.7 Å². The van der Waals surface area contributed by atoms with E-state index in [4.69, 9.17) is 0 Å². The highest BCUT2D eigenvalue weighted by Crippen LogP contribution is 2.21. The summed E-state index contributed by atoms with van der Waals surface area (Å²) in [4.78, 5) is 33.1. The maximum atomic E-state index is 11.9. The summed E-state index contributed by atoms with van der Waals surface area (Å²) >= 11 is 0. The third kappa shape index (κ3) is 6.08. The summed E-state index contributed by atoms with van der Waals surface area (Å²) in [5.41, 5.74) is 4.07. The van der Waals surface area contributed by atoms with Gasteiger partial charge in [0.25, 0.3) is 5.78 Å². The smallest absolute Gasteiger partial charge is 0.320 e. The Morgan fingerprint density at radius 2 is 1.61 bits per heavy atom. The predicted octanol–water partition coefficient (Wildman–Crippen LogP) is 1.54. The summed E-state index contributed by atoms with van der Waals surface area (Å²) in [6, 6.07) is 15.9. The molecule has 0 bridgehead atoms. The van der Waals surface area contributed by atoms with Crippen LogP contribution >= 0.6 is 0 Å². The van der Waals surface area contributed by atoms with Crippen LogP contribution in [-0.4, -0.2) is 66.5 Å². The molecule has 1 unspecified atom stereocenters. The number of rotatable bonds is 6. The lowest BCUT2D eigenvalue weighted by Gasteiger charge is -2.27. The Labute approximate surface area is 193 Å². The number of Topliss-reactive ketones (excluding diaryl/α,β-unsaturated/α-hetero) is 1. The van der Waals surface area contributed by atoms with Crippen molar-refractivity contribution in [1.82, 2.24) is 10.2 Å². The molecule has 1 atom stereocenters. The van der Waals surface area contributed by atoms with Crippen LogP contribution in [0.15, 0.2) is 58.5 Å². The molecule has 168 valence electrons. The average molecular weight is 443 g/mol. The number of carbonyl (C=O) groups is 2. The van der Waals surface area contributed by atoms with Gasteiger partial charge in [0.15, 0.2) is 0 Å². The highest BCUT2D eigenvalue weighted by Gasteiger charge is 2.25. The molecule has 0 radical (unpaired) electrons. The van der Waals surface area contributed by atoms with Crippen LogP contribution in [0.25, 0.3) is 0 Å². The highest BCUT2D eigenvalue weighted by atomic mass is 16.3. The maximum absolute atomic E-state index is 11.9. The van der Waals surface area contributed by atoms with E-state index in [1.165, 1.54) is 5.56 Å². The number of hydrogen-bond donors (Lipinski definition) is 2. The monoisotopic (exact) mass is 442 g/mol. The zero-order valence-corrected chi connectivity index (χ0v) is 18.3. The first-order valence-corrected chi connectivity index (χ1v) is 11.0. The van der Waals surface area contributed by atoms with Crippen molar-refractivity contribution in [2.24, 2.45) is 9.98 Å². The number of nitrogens with one attached hydrogen (secondary N) is 1. The first-order valence-electron chi connectivity index (χ1n) is 11.0. The quantitative estimate of drug-likeness (QED) is 0.523. The Bertz CT molecular complexity index is 1120.